The van der Waals surface area contributed by atoms with E-state index in [4.69, 9.17) is 0 Å². The van der Waals surface area contributed by atoms with E-state index in [2.05, 4.69) is 10.3 Å². The number of hydrogen-bond donors (Lipinski definition) is 1. The highest BCUT2D eigenvalue weighted by molar-refractivity contribution is 5.92. The second kappa shape index (κ2) is 8.17. The van der Waals surface area contributed by atoms with Gasteiger partial charge in [0.1, 0.15) is 11.5 Å². The van der Waals surface area contributed by atoms with Crippen molar-refractivity contribution in [3.63, 3.8) is 0 Å². The monoisotopic (exact) mass is 409 g/mol. The van der Waals surface area contributed by atoms with Crippen molar-refractivity contribution in [2.75, 3.05) is 14.1 Å². The van der Waals surface area contributed by atoms with Crippen molar-refractivity contribution >= 4 is 11.8 Å². The van der Waals surface area contributed by atoms with Gasteiger partial charge >= 0.3 is 0 Å². The average molecular weight is 410 g/mol. The first-order valence-electron chi connectivity index (χ1n) is 10.7. The van der Waals surface area contributed by atoms with E-state index in [0.717, 1.165) is 31.2 Å². The van der Waals surface area contributed by atoms with Crippen LogP contribution < -0.4 is 5.32 Å². The van der Waals surface area contributed by atoms with Crippen LogP contribution in [0, 0.1) is 5.82 Å². The van der Waals surface area contributed by atoms with Gasteiger partial charge in [0.25, 0.3) is 5.91 Å². The lowest BCUT2D eigenvalue weighted by Gasteiger charge is -2.34. The molecule has 0 aliphatic heterocycles. The molecule has 4 rings (SSSR count). The molecule has 0 unspecified atom stereocenters. The van der Waals surface area contributed by atoms with Gasteiger partial charge in [-0.25, -0.2) is 4.39 Å². The van der Waals surface area contributed by atoms with Crippen LogP contribution >= 0.6 is 0 Å². The lowest BCUT2D eigenvalue weighted by atomic mass is 9.89. The molecule has 2 aliphatic rings. The molecule has 2 amide bonds. The molecule has 1 aromatic heterocycles. The standard InChI is InChI=1S/C24H28FN3O2/c1-26-22(29)21-11-9-17(15-27-21)16-8-10-19(20(25)14-16)24(12-13-24)23(30)28(2)18-6-4-3-5-7-18/h8-11,14-15,18H,3-7,12-13H2,1-2H3,(H,26,29). The maximum absolute atomic E-state index is 15.1. The smallest absolute Gasteiger partial charge is 0.269 e. The van der Waals surface area contributed by atoms with E-state index in [9.17, 15) is 9.59 Å². The van der Waals surface area contributed by atoms with Gasteiger partial charge in [0, 0.05) is 37.5 Å². The Morgan fingerprint density at radius 1 is 1.10 bits per heavy atom. The minimum atomic E-state index is -0.712. The summed E-state index contributed by atoms with van der Waals surface area (Å²) in [4.78, 5) is 30.9. The number of aromatic nitrogens is 1. The summed E-state index contributed by atoms with van der Waals surface area (Å²) in [6, 6.07) is 8.70. The van der Waals surface area contributed by atoms with Crippen molar-refractivity contribution < 1.29 is 14.0 Å². The van der Waals surface area contributed by atoms with E-state index >= 15 is 4.39 Å². The Morgan fingerprint density at radius 2 is 1.80 bits per heavy atom. The van der Waals surface area contributed by atoms with Crippen molar-refractivity contribution in [3.05, 3.63) is 53.6 Å². The SMILES string of the molecule is CNC(=O)c1ccc(-c2ccc(C3(C(=O)N(C)C4CCCCC4)CC3)c(F)c2)cn1. The Hall–Kier alpha value is -2.76. The predicted molar refractivity (Wildman–Crippen MR) is 114 cm³/mol. The van der Waals surface area contributed by atoms with Gasteiger partial charge in [-0.15, -0.1) is 0 Å². The van der Waals surface area contributed by atoms with Gasteiger partial charge in [-0.2, -0.15) is 0 Å². The van der Waals surface area contributed by atoms with Gasteiger partial charge in [-0.3, -0.25) is 14.6 Å². The first kappa shape index (κ1) is 20.5. The maximum Gasteiger partial charge on any atom is 0.269 e. The molecule has 1 aromatic carbocycles. The van der Waals surface area contributed by atoms with Crippen LogP contribution in [0.4, 0.5) is 4.39 Å². The van der Waals surface area contributed by atoms with Gasteiger partial charge in [0.15, 0.2) is 0 Å². The van der Waals surface area contributed by atoms with Crippen molar-refractivity contribution in [1.82, 2.24) is 15.2 Å². The van der Waals surface area contributed by atoms with Gasteiger partial charge in [-0.1, -0.05) is 37.5 Å². The zero-order valence-electron chi connectivity index (χ0n) is 17.6. The number of likely N-dealkylation sites (N-methyl/N-ethyl adjacent to an activating group) is 1. The topological polar surface area (TPSA) is 62.3 Å². The second-order valence-corrected chi connectivity index (χ2v) is 8.50. The van der Waals surface area contributed by atoms with Gasteiger partial charge in [0.05, 0.1) is 5.41 Å². The quantitative estimate of drug-likeness (QED) is 0.810. The molecule has 0 bridgehead atoms. The molecule has 1 heterocycles. The van der Waals surface area contributed by atoms with Crippen LogP contribution in [0.15, 0.2) is 36.5 Å². The lowest BCUT2D eigenvalue weighted by Crippen LogP contribution is -2.44. The van der Waals surface area contributed by atoms with Crippen LogP contribution in [0.3, 0.4) is 0 Å². The molecular formula is C24H28FN3O2. The molecule has 2 saturated carbocycles. The number of amides is 2. The molecular weight excluding hydrogens is 381 g/mol. The molecule has 0 spiro atoms. The van der Waals surface area contributed by atoms with E-state index in [1.54, 1.807) is 31.4 Å². The zero-order valence-corrected chi connectivity index (χ0v) is 17.6. The average Bonchev–Trinajstić information content (AvgIpc) is 3.60. The molecule has 2 aromatic rings. The molecule has 0 saturated heterocycles. The molecule has 30 heavy (non-hydrogen) atoms. The van der Waals surface area contributed by atoms with Crippen LogP contribution in [0.5, 0.6) is 0 Å². The fourth-order valence-corrected chi connectivity index (χ4v) is 4.60. The number of nitrogens with zero attached hydrogens (tertiary/aromatic N) is 2. The summed E-state index contributed by atoms with van der Waals surface area (Å²) in [5.74, 6) is -0.567. The number of hydrogen-bond acceptors (Lipinski definition) is 3. The molecule has 2 fully saturated rings. The predicted octanol–water partition coefficient (Wildman–Crippen LogP) is 4.07. The third kappa shape index (κ3) is 3.71. The summed E-state index contributed by atoms with van der Waals surface area (Å²) in [5, 5.41) is 2.53. The number of carbonyl (C=O) groups is 2. The van der Waals surface area contributed by atoms with Crippen molar-refractivity contribution in [1.29, 1.82) is 0 Å². The number of carbonyl (C=O) groups excluding carboxylic acids is 2. The Morgan fingerprint density at radius 3 is 2.37 bits per heavy atom. The first-order valence-corrected chi connectivity index (χ1v) is 10.7. The normalized spacial score (nSPS) is 18.0. The Balaban J connectivity index is 1.55. The molecule has 2 aliphatic carbocycles. The van der Waals surface area contributed by atoms with Crippen LogP contribution in [-0.4, -0.2) is 41.8 Å². The maximum atomic E-state index is 15.1. The second-order valence-electron chi connectivity index (χ2n) is 8.50. The molecule has 5 nitrogen and oxygen atoms in total. The third-order valence-electron chi connectivity index (χ3n) is 6.64. The number of benzene rings is 1. The zero-order chi connectivity index (χ0) is 21.3. The fraction of sp³-hybridized carbons (Fsp3) is 0.458. The van der Waals surface area contributed by atoms with Crippen LogP contribution in [0.2, 0.25) is 0 Å². The van der Waals surface area contributed by atoms with Crippen molar-refractivity contribution in [2.45, 2.75) is 56.4 Å². The van der Waals surface area contributed by atoms with Gasteiger partial charge in [-0.05, 0) is 43.4 Å². The van der Waals surface area contributed by atoms with E-state index in [-0.39, 0.29) is 23.7 Å². The number of pyridine rings is 1. The molecule has 1 N–H and O–H groups in total. The summed E-state index contributed by atoms with van der Waals surface area (Å²) in [6.45, 7) is 0. The molecule has 0 radical (unpaired) electrons. The Bertz CT molecular complexity index is 947. The van der Waals surface area contributed by atoms with Crippen molar-refractivity contribution in [3.8, 4) is 11.1 Å². The van der Waals surface area contributed by atoms with Crippen LogP contribution in [-0.2, 0) is 10.2 Å². The van der Waals surface area contributed by atoms with Gasteiger partial charge in [0.2, 0.25) is 5.91 Å². The molecule has 158 valence electrons. The highest BCUT2D eigenvalue weighted by atomic mass is 19.1. The first-order chi connectivity index (χ1) is 14.5. The Kier molecular flexibility index (Phi) is 5.58. The minimum Gasteiger partial charge on any atom is -0.354 e. The third-order valence-corrected chi connectivity index (χ3v) is 6.64. The lowest BCUT2D eigenvalue weighted by molar-refractivity contribution is -0.135. The van der Waals surface area contributed by atoms with Gasteiger partial charge < -0.3 is 10.2 Å². The molecule has 0 atom stereocenters. The van der Waals surface area contributed by atoms with Crippen molar-refractivity contribution in [2.24, 2.45) is 0 Å². The summed E-state index contributed by atoms with van der Waals surface area (Å²) < 4.78 is 15.1. The minimum absolute atomic E-state index is 0.0534. The highest BCUT2D eigenvalue weighted by Gasteiger charge is 2.54. The largest absolute Gasteiger partial charge is 0.354 e. The summed E-state index contributed by atoms with van der Waals surface area (Å²) in [7, 11) is 3.43. The van der Waals surface area contributed by atoms with Crippen LogP contribution in [0.1, 0.15) is 61.0 Å². The summed E-state index contributed by atoms with van der Waals surface area (Å²) >= 11 is 0. The summed E-state index contributed by atoms with van der Waals surface area (Å²) in [6.07, 6.45) is 8.59. The van der Waals surface area contributed by atoms with E-state index in [1.807, 2.05) is 18.0 Å². The summed E-state index contributed by atoms with van der Waals surface area (Å²) in [5.41, 5.74) is 1.50. The van der Waals surface area contributed by atoms with E-state index in [0.29, 0.717) is 29.7 Å². The van der Waals surface area contributed by atoms with E-state index < -0.39 is 5.41 Å². The molecule has 6 heteroatoms. The highest BCUT2D eigenvalue weighted by Crippen LogP contribution is 2.51. The fourth-order valence-electron chi connectivity index (χ4n) is 4.60. The number of nitrogens with one attached hydrogen (secondary N) is 1. The number of halogens is 1. The Labute approximate surface area is 176 Å². The number of rotatable bonds is 5. The van der Waals surface area contributed by atoms with E-state index in [1.165, 1.54) is 12.5 Å². The van der Waals surface area contributed by atoms with Crippen LogP contribution in [0.25, 0.3) is 11.1 Å².